The van der Waals surface area contributed by atoms with Crippen molar-refractivity contribution in [2.24, 2.45) is 10.7 Å². The van der Waals surface area contributed by atoms with Crippen molar-refractivity contribution in [2.75, 3.05) is 23.8 Å². The Kier molecular flexibility index (Phi) is 9.51. The third-order valence-corrected chi connectivity index (χ3v) is 3.16. The Morgan fingerprint density at radius 3 is 2.38 bits per heavy atom. The van der Waals surface area contributed by atoms with Crippen LogP contribution in [0, 0.1) is 0 Å². The summed E-state index contributed by atoms with van der Waals surface area (Å²) in [6.45, 7) is 1.90. The lowest BCUT2D eigenvalue weighted by molar-refractivity contribution is -0.274. The van der Waals surface area contributed by atoms with Crippen LogP contribution in [-0.4, -0.2) is 31.4 Å². The Morgan fingerprint density at radius 2 is 1.76 bits per heavy atom. The first-order valence-electron chi connectivity index (χ1n) is 8.14. The quantitative estimate of drug-likeness (QED) is 0.221. The van der Waals surface area contributed by atoms with Crippen molar-refractivity contribution in [3.05, 3.63) is 48.5 Å². The third-order valence-electron chi connectivity index (χ3n) is 3.16. The number of benzene rings is 2. The van der Waals surface area contributed by atoms with Crippen LogP contribution in [0.1, 0.15) is 6.92 Å². The number of alkyl halides is 3. The zero-order valence-electron chi connectivity index (χ0n) is 15.3. The predicted molar refractivity (Wildman–Crippen MR) is 115 cm³/mol. The summed E-state index contributed by atoms with van der Waals surface area (Å²) in [6, 6.07) is 12.0. The molecule has 0 saturated carbocycles. The largest absolute Gasteiger partial charge is 0.573 e. The number of aliphatic imine (C=N–C) groups is 1. The molecule has 0 radical (unpaired) electrons. The standard InChI is InChI=1S/C18H19F3N4O3.HI/c1-12(26)24-14-3-2-4-16(11-14)27-10-9-23-17(22)25-13-5-7-15(8-6-13)28-18(19,20)21;/h2-8,11H,9-10H2,1H3,(H,24,26)(H3,22,23,25);1H. The third kappa shape index (κ3) is 9.87. The molecule has 0 spiro atoms. The summed E-state index contributed by atoms with van der Waals surface area (Å²) in [4.78, 5) is 15.1. The minimum absolute atomic E-state index is 0. The lowest BCUT2D eigenvalue weighted by atomic mass is 10.3. The van der Waals surface area contributed by atoms with Crippen molar-refractivity contribution < 1.29 is 27.4 Å². The van der Waals surface area contributed by atoms with Gasteiger partial charge in [0.2, 0.25) is 5.91 Å². The van der Waals surface area contributed by atoms with Crippen molar-refractivity contribution in [1.82, 2.24) is 0 Å². The number of ether oxygens (including phenoxy) is 2. The first-order chi connectivity index (χ1) is 13.2. The van der Waals surface area contributed by atoms with Crippen LogP contribution < -0.4 is 25.8 Å². The van der Waals surface area contributed by atoms with E-state index in [1.807, 2.05) is 0 Å². The van der Waals surface area contributed by atoms with E-state index in [0.29, 0.717) is 17.1 Å². The second kappa shape index (κ2) is 11.3. The number of carbonyl (C=O) groups excluding carboxylic acids is 1. The highest BCUT2D eigenvalue weighted by molar-refractivity contribution is 14.0. The van der Waals surface area contributed by atoms with Crippen molar-refractivity contribution >= 4 is 47.2 Å². The van der Waals surface area contributed by atoms with Crippen molar-refractivity contribution in [1.29, 1.82) is 0 Å². The number of anilines is 2. The molecule has 0 bridgehead atoms. The highest BCUT2D eigenvalue weighted by atomic mass is 127. The minimum atomic E-state index is -4.74. The maximum absolute atomic E-state index is 12.1. The monoisotopic (exact) mass is 524 g/mol. The van der Waals surface area contributed by atoms with E-state index in [9.17, 15) is 18.0 Å². The van der Waals surface area contributed by atoms with Crippen LogP contribution in [0.15, 0.2) is 53.5 Å². The Morgan fingerprint density at radius 1 is 1.07 bits per heavy atom. The topological polar surface area (TPSA) is 98.0 Å². The molecule has 11 heteroatoms. The van der Waals surface area contributed by atoms with Gasteiger partial charge in [-0.3, -0.25) is 4.79 Å². The molecule has 0 heterocycles. The van der Waals surface area contributed by atoms with Crippen LogP contribution in [-0.2, 0) is 4.79 Å². The van der Waals surface area contributed by atoms with Crippen LogP contribution in [0.3, 0.4) is 0 Å². The van der Waals surface area contributed by atoms with Crippen molar-refractivity contribution in [3.63, 3.8) is 0 Å². The second-order valence-corrected chi connectivity index (χ2v) is 5.52. The van der Waals surface area contributed by atoms with E-state index in [0.717, 1.165) is 12.1 Å². The fraction of sp³-hybridized carbons (Fsp3) is 0.222. The molecule has 0 aromatic heterocycles. The van der Waals surface area contributed by atoms with E-state index in [1.54, 1.807) is 24.3 Å². The Bertz CT molecular complexity index is 830. The van der Waals surface area contributed by atoms with Crippen molar-refractivity contribution in [3.8, 4) is 11.5 Å². The average molecular weight is 524 g/mol. The number of hydrogen-bond donors (Lipinski definition) is 3. The first kappa shape index (κ1) is 24.3. The first-order valence-corrected chi connectivity index (χ1v) is 8.14. The molecule has 0 unspecified atom stereocenters. The molecule has 29 heavy (non-hydrogen) atoms. The van der Waals surface area contributed by atoms with Gasteiger partial charge in [0.05, 0.1) is 6.54 Å². The number of nitrogens with two attached hydrogens (primary N) is 1. The lowest BCUT2D eigenvalue weighted by Gasteiger charge is -2.10. The van der Waals surface area contributed by atoms with E-state index in [4.69, 9.17) is 10.5 Å². The van der Waals surface area contributed by atoms with Gasteiger partial charge in [-0.2, -0.15) is 0 Å². The zero-order chi connectivity index (χ0) is 20.6. The zero-order valence-corrected chi connectivity index (χ0v) is 17.7. The maximum atomic E-state index is 12.1. The van der Waals surface area contributed by atoms with Gasteiger partial charge >= 0.3 is 6.36 Å². The van der Waals surface area contributed by atoms with Crippen LogP contribution in [0.4, 0.5) is 24.5 Å². The molecule has 4 N–H and O–H groups in total. The van der Waals surface area contributed by atoms with E-state index in [-0.39, 0.29) is 54.7 Å². The normalized spacial score (nSPS) is 11.2. The summed E-state index contributed by atoms with van der Waals surface area (Å²) in [5.41, 5.74) is 6.80. The Balaban J connectivity index is 0.00000420. The summed E-state index contributed by atoms with van der Waals surface area (Å²) in [7, 11) is 0. The number of carbonyl (C=O) groups is 1. The van der Waals surface area contributed by atoms with Gasteiger partial charge in [0.1, 0.15) is 18.1 Å². The summed E-state index contributed by atoms with van der Waals surface area (Å²) in [5.74, 6) is 0.135. The molecular formula is C18H20F3IN4O3. The number of rotatable bonds is 7. The van der Waals surface area contributed by atoms with Gasteiger partial charge in [-0.05, 0) is 36.4 Å². The molecule has 158 valence electrons. The minimum Gasteiger partial charge on any atom is -0.492 e. The van der Waals surface area contributed by atoms with Gasteiger partial charge in [-0.25, -0.2) is 4.99 Å². The number of hydrogen-bond acceptors (Lipinski definition) is 4. The Labute approximate surface area is 182 Å². The molecule has 2 rings (SSSR count). The summed E-state index contributed by atoms with van der Waals surface area (Å²) >= 11 is 0. The molecule has 2 aromatic carbocycles. The molecule has 0 fully saturated rings. The molecule has 1 amide bonds. The SMILES string of the molecule is CC(=O)Nc1cccc(OCCN=C(N)Nc2ccc(OC(F)(F)F)cc2)c1.I. The van der Waals surface area contributed by atoms with Crippen LogP contribution in [0.25, 0.3) is 0 Å². The molecular weight excluding hydrogens is 504 g/mol. The number of nitrogens with zero attached hydrogens (tertiary/aromatic N) is 1. The van der Waals surface area contributed by atoms with E-state index >= 15 is 0 Å². The summed E-state index contributed by atoms with van der Waals surface area (Å²) < 4.78 is 45.7. The number of halogens is 4. The maximum Gasteiger partial charge on any atom is 0.573 e. The van der Waals surface area contributed by atoms with Gasteiger partial charge in [0, 0.05) is 24.4 Å². The van der Waals surface area contributed by atoms with Gasteiger partial charge in [-0.1, -0.05) is 6.07 Å². The number of amides is 1. The molecule has 0 aliphatic heterocycles. The molecule has 0 aliphatic carbocycles. The number of nitrogens with one attached hydrogen (secondary N) is 2. The molecule has 0 saturated heterocycles. The van der Waals surface area contributed by atoms with Gasteiger partial charge in [-0.15, -0.1) is 37.1 Å². The molecule has 0 atom stereocenters. The summed E-state index contributed by atoms with van der Waals surface area (Å²) in [5, 5.41) is 5.40. The van der Waals surface area contributed by atoms with Crippen LogP contribution >= 0.6 is 24.0 Å². The average Bonchev–Trinajstić information content (AvgIpc) is 2.59. The Hall–Kier alpha value is -2.70. The fourth-order valence-corrected chi connectivity index (χ4v) is 2.12. The van der Waals surface area contributed by atoms with Crippen LogP contribution in [0.2, 0.25) is 0 Å². The fourth-order valence-electron chi connectivity index (χ4n) is 2.12. The van der Waals surface area contributed by atoms with E-state index < -0.39 is 6.36 Å². The smallest absolute Gasteiger partial charge is 0.492 e. The summed E-state index contributed by atoms with van der Waals surface area (Å²) in [6.07, 6.45) is -4.74. The van der Waals surface area contributed by atoms with Crippen LogP contribution in [0.5, 0.6) is 11.5 Å². The molecule has 0 aliphatic rings. The molecule has 7 nitrogen and oxygen atoms in total. The van der Waals surface area contributed by atoms with Gasteiger partial charge < -0.3 is 25.8 Å². The molecule has 2 aromatic rings. The predicted octanol–water partition coefficient (Wildman–Crippen LogP) is 3.97. The highest BCUT2D eigenvalue weighted by Gasteiger charge is 2.30. The highest BCUT2D eigenvalue weighted by Crippen LogP contribution is 2.23. The second-order valence-electron chi connectivity index (χ2n) is 5.52. The van der Waals surface area contributed by atoms with Crippen molar-refractivity contribution in [2.45, 2.75) is 13.3 Å². The van der Waals surface area contributed by atoms with E-state index in [1.165, 1.54) is 19.1 Å². The van der Waals surface area contributed by atoms with Gasteiger partial charge in [0.25, 0.3) is 0 Å². The number of guanidine groups is 1. The van der Waals surface area contributed by atoms with E-state index in [2.05, 4.69) is 20.4 Å². The lowest BCUT2D eigenvalue weighted by Crippen LogP contribution is -2.23. The van der Waals surface area contributed by atoms with Gasteiger partial charge in [0.15, 0.2) is 5.96 Å².